The summed E-state index contributed by atoms with van der Waals surface area (Å²) in [5.74, 6) is 0.728. The van der Waals surface area contributed by atoms with Crippen molar-refractivity contribution in [2.24, 2.45) is 5.92 Å². The second kappa shape index (κ2) is 6.18. The van der Waals surface area contributed by atoms with E-state index in [0.717, 1.165) is 31.8 Å². The fraction of sp³-hybridized carbons (Fsp3) is 0.600. The lowest BCUT2D eigenvalue weighted by molar-refractivity contribution is 0.0283. The molecule has 1 aromatic rings. The van der Waals surface area contributed by atoms with Crippen molar-refractivity contribution >= 4 is 0 Å². The van der Waals surface area contributed by atoms with Crippen LogP contribution < -0.4 is 0 Å². The monoisotopic (exact) mass is 233 g/mol. The lowest BCUT2D eigenvalue weighted by Gasteiger charge is -2.34. The highest BCUT2D eigenvalue weighted by atomic mass is 16.3. The summed E-state index contributed by atoms with van der Waals surface area (Å²) in [4.78, 5) is 2.40. The first-order valence-corrected chi connectivity index (χ1v) is 6.64. The summed E-state index contributed by atoms with van der Waals surface area (Å²) in [5.41, 5.74) is 1.43. The molecule has 0 aromatic heterocycles. The lowest BCUT2D eigenvalue weighted by atomic mass is 9.82. The molecule has 94 valence electrons. The van der Waals surface area contributed by atoms with Crippen molar-refractivity contribution in [3.05, 3.63) is 35.9 Å². The van der Waals surface area contributed by atoms with Crippen LogP contribution in [0.4, 0.5) is 0 Å². The van der Waals surface area contributed by atoms with E-state index < -0.39 is 0 Å². The summed E-state index contributed by atoms with van der Waals surface area (Å²) >= 11 is 0. The molecule has 0 amide bonds. The van der Waals surface area contributed by atoms with Gasteiger partial charge in [-0.2, -0.15) is 0 Å². The topological polar surface area (TPSA) is 23.5 Å². The minimum absolute atomic E-state index is 0.0160. The summed E-state index contributed by atoms with van der Waals surface area (Å²) in [6.07, 6.45) is 4.37. The molecular weight excluding hydrogens is 210 g/mol. The molecule has 0 saturated heterocycles. The average molecular weight is 233 g/mol. The first-order chi connectivity index (χ1) is 8.24. The number of hydrogen-bond acceptors (Lipinski definition) is 2. The largest absolute Gasteiger partial charge is 0.393 e. The predicted molar refractivity (Wildman–Crippen MR) is 71.0 cm³/mol. The van der Waals surface area contributed by atoms with Crippen LogP contribution in [-0.2, 0) is 6.42 Å². The van der Waals surface area contributed by atoms with Crippen molar-refractivity contribution in [1.82, 2.24) is 4.90 Å². The Morgan fingerprint density at radius 1 is 1.24 bits per heavy atom. The van der Waals surface area contributed by atoms with Gasteiger partial charge in [-0.1, -0.05) is 30.3 Å². The Balaban J connectivity index is 1.58. The summed E-state index contributed by atoms with van der Waals surface area (Å²) in [7, 11) is 2.19. The maximum absolute atomic E-state index is 9.24. The molecule has 0 bridgehead atoms. The summed E-state index contributed by atoms with van der Waals surface area (Å²) < 4.78 is 0. The Labute approximate surface area is 104 Å². The fourth-order valence-electron chi connectivity index (χ4n) is 2.58. The van der Waals surface area contributed by atoms with E-state index in [0.29, 0.717) is 0 Å². The molecule has 1 aliphatic carbocycles. The zero-order valence-electron chi connectivity index (χ0n) is 10.7. The molecule has 2 rings (SSSR count). The molecule has 0 heterocycles. The van der Waals surface area contributed by atoms with Gasteiger partial charge in [0.05, 0.1) is 6.10 Å². The maximum atomic E-state index is 9.24. The standard InChI is InChI=1S/C15H23NO/c1-16(12-14-10-15(17)11-14)9-5-8-13-6-3-2-4-7-13/h2-4,6-7,14-15,17H,5,8-12H2,1H3. The molecule has 1 fully saturated rings. The normalized spacial score (nSPS) is 23.7. The van der Waals surface area contributed by atoms with Crippen LogP contribution in [0.2, 0.25) is 0 Å². The highest BCUT2D eigenvalue weighted by molar-refractivity contribution is 5.14. The van der Waals surface area contributed by atoms with Gasteiger partial charge in [0, 0.05) is 6.54 Å². The van der Waals surface area contributed by atoms with E-state index in [2.05, 4.69) is 42.3 Å². The molecule has 0 unspecified atom stereocenters. The Bertz CT molecular complexity index is 319. The molecule has 1 N–H and O–H groups in total. The van der Waals surface area contributed by atoms with Crippen molar-refractivity contribution in [2.45, 2.75) is 31.8 Å². The van der Waals surface area contributed by atoms with E-state index in [1.54, 1.807) is 0 Å². The van der Waals surface area contributed by atoms with Crippen LogP contribution in [0.25, 0.3) is 0 Å². The molecule has 1 aromatic carbocycles. The second-order valence-corrected chi connectivity index (χ2v) is 5.34. The van der Waals surface area contributed by atoms with E-state index >= 15 is 0 Å². The number of rotatable bonds is 6. The van der Waals surface area contributed by atoms with E-state index in [9.17, 15) is 5.11 Å². The van der Waals surface area contributed by atoms with Crippen LogP contribution in [0.1, 0.15) is 24.8 Å². The molecular formula is C15H23NO. The zero-order valence-corrected chi connectivity index (χ0v) is 10.7. The Kier molecular flexibility index (Phi) is 4.57. The molecule has 2 nitrogen and oxygen atoms in total. The highest BCUT2D eigenvalue weighted by Crippen LogP contribution is 2.27. The van der Waals surface area contributed by atoms with Crippen LogP contribution in [0.15, 0.2) is 30.3 Å². The Morgan fingerprint density at radius 3 is 2.59 bits per heavy atom. The van der Waals surface area contributed by atoms with Crippen LogP contribution in [0, 0.1) is 5.92 Å². The minimum atomic E-state index is -0.0160. The second-order valence-electron chi connectivity index (χ2n) is 5.34. The smallest absolute Gasteiger partial charge is 0.0546 e. The highest BCUT2D eigenvalue weighted by Gasteiger charge is 2.27. The van der Waals surface area contributed by atoms with Gasteiger partial charge in [-0.3, -0.25) is 0 Å². The van der Waals surface area contributed by atoms with Gasteiger partial charge in [-0.05, 0) is 50.8 Å². The van der Waals surface area contributed by atoms with E-state index in [-0.39, 0.29) is 6.10 Å². The predicted octanol–water partition coefficient (Wildman–Crippen LogP) is 2.32. The number of nitrogens with zero attached hydrogens (tertiary/aromatic N) is 1. The summed E-state index contributed by atoms with van der Waals surface area (Å²) in [6.45, 7) is 2.30. The van der Waals surface area contributed by atoms with Crippen molar-refractivity contribution in [2.75, 3.05) is 20.1 Å². The first kappa shape index (κ1) is 12.6. The fourth-order valence-corrected chi connectivity index (χ4v) is 2.58. The Morgan fingerprint density at radius 2 is 1.94 bits per heavy atom. The van der Waals surface area contributed by atoms with Gasteiger partial charge in [0.1, 0.15) is 0 Å². The third kappa shape index (κ3) is 4.14. The van der Waals surface area contributed by atoms with Gasteiger partial charge in [-0.25, -0.2) is 0 Å². The van der Waals surface area contributed by atoms with Crippen molar-refractivity contribution < 1.29 is 5.11 Å². The van der Waals surface area contributed by atoms with Gasteiger partial charge in [0.2, 0.25) is 0 Å². The SMILES string of the molecule is CN(CCCc1ccccc1)CC1CC(O)C1. The molecule has 1 saturated carbocycles. The zero-order chi connectivity index (χ0) is 12.1. The molecule has 2 heteroatoms. The summed E-state index contributed by atoms with van der Waals surface area (Å²) in [5, 5.41) is 9.24. The number of aliphatic hydroxyl groups excluding tert-OH is 1. The maximum Gasteiger partial charge on any atom is 0.0546 e. The number of hydrogen-bond donors (Lipinski definition) is 1. The van der Waals surface area contributed by atoms with Gasteiger partial charge in [0.15, 0.2) is 0 Å². The van der Waals surface area contributed by atoms with Crippen LogP contribution >= 0.6 is 0 Å². The van der Waals surface area contributed by atoms with Crippen LogP contribution in [-0.4, -0.2) is 36.2 Å². The average Bonchev–Trinajstić information content (AvgIpc) is 2.28. The summed E-state index contributed by atoms with van der Waals surface area (Å²) in [6, 6.07) is 10.7. The van der Waals surface area contributed by atoms with Crippen molar-refractivity contribution in [3.8, 4) is 0 Å². The molecule has 0 aliphatic heterocycles. The molecule has 17 heavy (non-hydrogen) atoms. The molecule has 0 radical (unpaired) electrons. The van der Waals surface area contributed by atoms with Gasteiger partial charge >= 0.3 is 0 Å². The number of aryl methyl sites for hydroxylation is 1. The molecule has 0 atom stereocenters. The van der Waals surface area contributed by atoms with E-state index in [1.165, 1.54) is 18.4 Å². The van der Waals surface area contributed by atoms with Crippen molar-refractivity contribution in [1.29, 1.82) is 0 Å². The first-order valence-electron chi connectivity index (χ1n) is 6.64. The molecule has 1 aliphatic rings. The molecule has 0 spiro atoms. The van der Waals surface area contributed by atoms with Gasteiger partial charge < -0.3 is 10.0 Å². The Hall–Kier alpha value is -0.860. The van der Waals surface area contributed by atoms with Gasteiger partial charge in [0.25, 0.3) is 0 Å². The van der Waals surface area contributed by atoms with Crippen LogP contribution in [0.3, 0.4) is 0 Å². The number of benzene rings is 1. The quantitative estimate of drug-likeness (QED) is 0.815. The van der Waals surface area contributed by atoms with Crippen LogP contribution in [0.5, 0.6) is 0 Å². The van der Waals surface area contributed by atoms with E-state index in [1.807, 2.05) is 0 Å². The lowest BCUT2D eigenvalue weighted by Crippen LogP contribution is -2.37. The van der Waals surface area contributed by atoms with Crippen molar-refractivity contribution in [3.63, 3.8) is 0 Å². The van der Waals surface area contributed by atoms with Gasteiger partial charge in [-0.15, -0.1) is 0 Å². The third-order valence-corrected chi connectivity index (χ3v) is 3.63. The third-order valence-electron chi connectivity index (χ3n) is 3.63. The van der Waals surface area contributed by atoms with E-state index in [4.69, 9.17) is 0 Å². The minimum Gasteiger partial charge on any atom is -0.393 e. The number of aliphatic hydroxyl groups is 1.